The Hall–Kier alpha value is -3.65. The van der Waals surface area contributed by atoms with Crippen LogP contribution >= 0.6 is 0 Å². The minimum Gasteiger partial charge on any atom is -0.307 e. The van der Waals surface area contributed by atoms with Crippen LogP contribution in [0.15, 0.2) is 103 Å². The number of hydrogen-bond acceptors (Lipinski definition) is 1. The van der Waals surface area contributed by atoms with E-state index in [1.165, 1.54) is 11.1 Å². The number of benzene rings is 4. The Balaban J connectivity index is 1.50. The molecule has 1 aliphatic rings. The van der Waals surface area contributed by atoms with Crippen LogP contribution in [0.4, 0.5) is 5.69 Å². The number of nitrogens with zero attached hydrogens (tertiary/aromatic N) is 1. The molecule has 0 aromatic heterocycles. The lowest BCUT2D eigenvalue weighted by atomic mass is 9.98. The van der Waals surface area contributed by atoms with Gasteiger partial charge in [-0.25, -0.2) is 0 Å². The van der Waals surface area contributed by atoms with Crippen molar-refractivity contribution in [3.63, 3.8) is 0 Å². The second kappa shape index (κ2) is 7.40. The van der Waals surface area contributed by atoms with Crippen molar-refractivity contribution in [2.75, 3.05) is 11.4 Å². The van der Waals surface area contributed by atoms with Crippen molar-refractivity contribution >= 4 is 11.6 Å². The van der Waals surface area contributed by atoms with Crippen molar-refractivity contribution in [2.24, 2.45) is 0 Å². The van der Waals surface area contributed by atoms with E-state index < -0.39 is 0 Å². The number of rotatable bonds is 2. The highest BCUT2D eigenvalue weighted by atomic mass is 16.2. The number of hydrogen-bond donors (Lipinski definition) is 0. The van der Waals surface area contributed by atoms with Gasteiger partial charge in [0.05, 0.1) is 5.69 Å². The smallest absolute Gasteiger partial charge is 0.258 e. The first kappa shape index (κ1) is 17.4. The van der Waals surface area contributed by atoms with Gasteiger partial charge in [-0.05, 0) is 46.9 Å². The number of fused-ring (bicyclic) bond motifs is 3. The lowest BCUT2D eigenvalue weighted by Crippen LogP contribution is -2.32. The van der Waals surface area contributed by atoms with Crippen LogP contribution in [0.3, 0.4) is 0 Å². The van der Waals surface area contributed by atoms with Gasteiger partial charge in [0.25, 0.3) is 5.91 Å². The highest BCUT2D eigenvalue weighted by Crippen LogP contribution is 2.36. The van der Waals surface area contributed by atoms with E-state index in [2.05, 4.69) is 42.5 Å². The normalized spacial score (nSPS) is 12.6. The number of carbonyl (C=O) groups excluding carboxylic acids is 1. The molecule has 0 fully saturated rings. The summed E-state index contributed by atoms with van der Waals surface area (Å²) >= 11 is 0. The summed E-state index contributed by atoms with van der Waals surface area (Å²) in [5.41, 5.74) is 7.59. The molecule has 5 rings (SSSR count). The fourth-order valence-electron chi connectivity index (χ4n) is 4.09. The molecule has 0 bridgehead atoms. The van der Waals surface area contributed by atoms with Crippen LogP contribution in [0, 0.1) is 0 Å². The lowest BCUT2D eigenvalue weighted by molar-refractivity contribution is 0.0987. The largest absolute Gasteiger partial charge is 0.307 e. The van der Waals surface area contributed by atoms with Crippen molar-refractivity contribution in [3.05, 3.63) is 114 Å². The Labute approximate surface area is 171 Å². The second-order valence-electron chi connectivity index (χ2n) is 7.32. The maximum absolute atomic E-state index is 13.4. The Morgan fingerprint density at radius 2 is 1.24 bits per heavy atom. The maximum atomic E-state index is 13.4. The highest BCUT2D eigenvalue weighted by Gasteiger charge is 2.24. The zero-order chi connectivity index (χ0) is 19.6. The van der Waals surface area contributed by atoms with E-state index >= 15 is 0 Å². The number of carbonyl (C=O) groups is 1. The average molecular weight is 375 g/mol. The maximum Gasteiger partial charge on any atom is 0.258 e. The fourth-order valence-corrected chi connectivity index (χ4v) is 4.09. The molecule has 0 saturated carbocycles. The van der Waals surface area contributed by atoms with Crippen molar-refractivity contribution in [1.82, 2.24) is 0 Å². The fraction of sp³-hybridized carbons (Fsp3) is 0.0741. The van der Waals surface area contributed by atoms with Crippen molar-refractivity contribution in [3.8, 4) is 22.3 Å². The van der Waals surface area contributed by atoms with Crippen LogP contribution in [0.25, 0.3) is 22.3 Å². The van der Waals surface area contributed by atoms with Gasteiger partial charge in [-0.3, -0.25) is 4.79 Å². The molecule has 0 radical (unpaired) electrons. The second-order valence-corrected chi connectivity index (χ2v) is 7.32. The van der Waals surface area contributed by atoms with E-state index in [0.717, 1.165) is 28.8 Å². The summed E-state index contributed by atoms with van der Waals surface area (Å²) in [6.45, 7) is 0.674. The monoisotopic (exact) mass is 375 g/mol. The topological polar surface area (TPSA) is 20.3 Å². The van der Waals surface area contributed by atoms with Crippen LogP contribution in [0.5, 0.6) is 0 Å². The summed E-state index contributed by atoms with van der Waals surface area (Å²) in [6.07, 6.45) is 0.846. The van der Waals surface area contributed by atoms with Gasteiger partial charge in [0.1, 0.15) is 0 Å². The van der Waals surface area contributed by atoms with E-state index in [1.807, 2.05) is 65.6 Å². The molecule has 0 N–H and O–H groups in total. The molecule has 2 heteroatoms. The number of anilines is 1. The summed E-state index contributed by atoms with van der Waals surface area (Å²) in [6, 6.07) is 34.8. The summed E-state index contributed by atoms with van der Waals surface area (Å²) in [7, 11) is 0. The third-order valence-corrected chi connectivity index (χ3v) is 5.59. The van der Waals surface area contributed by atoms with Crippen molar-refractivity contribution in [2.45, 2.75) is 6.42 Å². The van der Waals surface area contributed by atoms with Gasteiger partial charge in [-0.2, -0.15) is 0 Å². The molecule has 1 amide bonds. The van der Waals surface area contributed by atoms with Crippen LogP contribution in [0.2, 0.25) is 0 Å². The molecule has 0 saturated heterocycles. The zero-order valence-electron chi connectivity index (χ0n) is 16.1. The quantitative estimate of drug-likeness (QED) is 0.407. The number of amides is 1. The first-order chi connectivity index (χ1) is 14.3. The molecular formula is C27H21NO. The Morgan fingerprint density at radius 1 is 0.621 bits per heavy atom. The Bertz CT molecular complexity index is 1160. The molecule has 4 aromatic carbocycles. The average Bonchev–Trinajstić information content (AvgIpc) is 2.97. The third kappa shape index (κ3) is 3.23. The van der Waals surface area contributed by atoms with Gasteiger partial charge in [0.2, 0.25) is 0 Å². The van der Waals surface area contributed by atoms with Gasteiger partial charge in [-0.1, -0.05) is 84.9 Å². The zero-order valence-corrected chi connectivity index (χ0v) is 16.1. The summed E-state index contributed by atoms with van der Waals surface area (Å²) < 4.78 is 0. The predicted octanol–water partition coefficient (Wildman–Crippen LogP) is 6.22. The number of para-hydroxylation sites is 1. The summed E-state index contributed by atoms with van der Waals surface area (Å²) in [4.78, 5) is 15.4. The van der Waals surface area contributed by atoms with E-state index in [4.69, 9.17) is 0 Å². The molecule has 29 heavy (non-hydrogen) atoms. The molecule has 4 aromatic rings. The van der Waals surface area contributed by atoms with E-state index in [-0.39, 0.29) is 5.91 Å². The minimum absolute atomic E-state index is 0.0462. The molecule has 140 valence electrons. The van der Waals surface area contributed by atoms with Gasteiger partial charge >= 0.3 is 0 Å². The summed E-state index contributed by atoms with van der Waals surface area (Å²) in [5, 5.41) is 0. The molecule has 0 aliphatic carbocycles. The molecule has 1 heterocycles. The van der Waals surface area contributed by atoms with Crippen molar-refractivity contribution in [1.29, 1.82) is 0 Å². The van der Waals surface area contributed by atoms with Crippen LogP contribution in [0.1, 0.15) is 15.9 Å². The Kier molecular flexibility index (Phi) is 4.45. The molecule has 0 spiro atoms. The molecule has 1 aliphatic heterocycles. The SMILES string of the molecule is O=C(c1ccc(-c2ccccc2)cc1)N1CCc2ccccc2-c2ccccc21. The van der Waals surface area contributed by atoms with Gasteiger partial charge < -0.3 is 4.90 Å². The lowest BCUT2D eigenvalue weighted by Gasteiger charge is -2.23. The first-order valence-corrected chi connectivity index (χ1v) is 9.96. The van der Waals surface area contributed by atoms with Gasteiger partial charge in [-0.15, -0.1) is 0 Å². The Morgan fingerprint density at radius 3 is 2.03 bits per heavy atom. The van der Waals surface area contributed by atoms with Gasteiger partial charge in [0.15, 0.2) is 0 Å². The van der Waals surface area contributed by atoms with Crippen LogP contribution in [-0.4, -0.2) is 12.5 Å². The third-order valence-electron chi connectivity index (χ3n) is 5.59. The molecule has 0 unspecified atom stereocenters. The standard InChI is InChI=1S/C27H21NO/c29-27(23-16-14-21(15-17-23)20-8-2-1-3-9-20)28-19-18-22-10-4-5-11-24(22)25-12-6-7-13-26(25)28/h1-17H,18-19H2. The molecular weight excluding hydrogens is 354 g/mol. The first-order valence-electron chi connectivity index (χ1n) is 9.96. The molecule has 2 nitrogen and oxygen atoms in total. The van der Waals surface area contributed by atoms with Crippen LogP contribution in [-0.2, 0) is 6.42 Å². The van der Waals surface area contributed by atoms with E-state index in [0.29, 0.717) is 12.1 Å². The molecule has 0 atom stereocenters. The van der Waals surface area contributed by atoms with E-state index in [9.17, 15) is 4.79 Å². The van der Waals surface area contributed by atoms with Crippen LogP contribution < -0.4 is 4.90 Å². The highest BCUT2D eigenvalue weighted by molar-refractivity contribution is 6.08. The minimum atomic E-state index is 0.0462. The van der Waals surface area contributed by atoms with Gasteiger partial charge in [0, 0.05) is 17.7 Å². The summed E-state index contributed by atoms with van der Waals surface area (Å²) in [5.74, 6) is 0.0462. The van der Waals surface area contributed by atoms with Crippen molar-refractivity contribution < 1.29 is 4.79 Å². The predicted molar refractivity (Wildman–Crippen MR) is 119 cm³/mol. The van der Waals surface area contributed by atoms with E-state index in [1.54, 1.807) is 0 Å².